The monoisotopic (exact) mass is 280 g/mol. The smallest absolute Gasteiger partial charge is 0.225 e. The van der Waals surface area contributed by atoms with Gasteiger partial charge in [0.25, 0.3) is 0 Å². The first-order chi connectivity index (χ1) is 9.27. The van der Waals surface area contributed by atoms with Crippen molar-refractivity contribution in [2.24, 2.45) is 17.3 Å². The Bertz CT molecular complexity index is 341. The molecule has 1 saturated carbocycles. The van der Waals surface area contributed by atoms with Crippen LogP contribution in [0.25, 0.3) is 0 Å². The lowest BCUT2D eigenvalue weighted by Gasteiger charge is -2.46. The van der Waals surface area contributed by atoms with Gasteiger partial charge in [0.1, 0.15) is 0 Å². The molecular formula is C17H32N2O. The molecule has 1 amide bonds. The number of carbonyl (C=O) groups excluding carboxylic acids is 1. The molecule has 3 heteroatoms. The Labute approximate surface area is 124 Å². The SMILES string of the molecule is CC(C)C1CC(NC(=O)C(C)(C)C)CN(C2CCC2)C1. The third-order valence-electron chi connectivity index (χ3n) is 5.06. The van der Waals surface area contributed by atoms with Crippen molar-refractivity contribution in [2.75, 3.05) is 13.1 Å². The highest BCUT2D eigenvalue weighted by molar-refractivity contribution is 5.81. The van der Waals surface area contributed by atoms with Gasteiger partial charge >= 0.3 is 0 Å². The Morgan fingerprint density at radius 1 is 1.20 bits per heavy atom. The summed E-state index contributed by atoms with van der Waals surface area (Å²) in [6.07, 6.45) is 5.23. The van der Waals surface area contributed by atoms with Crippen LogP contribution < -0.4 is 5.32 Å². The first kappa shape index (κ1) is 15.8. The summed E-state index contributed by atoms with van der Waals surface area (Å²) in [5.41, 5.74) is -0.286. The molecule has 2 atom stereocenters. The molecule has 0 radical (unpaired) electrons. The van der Waals surface area contributed by atoms with Crippen LogP contribution in [0.2, 0.25) is 0 Å². The highest BCUT2D eigenvalue weighted by atomic mass is 16.2. The summed E-state index contributed by atoms with van der Waals surface area (Å²) in [5.74, 6) is 1.61. The predicted molar refractivity (Wildman–Crippen MR) is 83.5 cm³/mol. The largest absolute Gasteiger partial charge is 0.352 e. The van der Waals surface area contributed by atoms with Crippen LogP contribution in [-0.4, -0.2) is 36.0 Å². The summed E-state index contributed by atoms with van der Waals surface area (Å²) in [5, 5.41) is 3.30. The number of carbonyl (C=O) groups is 1. The average Bonchev–Trinajstić information content (AvgIpc) is 2.24. The van der Waals surface area contributed by atoms with Crippen LogP contribution in [0.15, 0.2) is 0 Å². The van der Waals surface area contributed by atoms with Crippen molar-refractivity contribution in [2.45, 2.75) is 72.4 Å². The maximum atomic E-state index is 12.2. The second-order valence-electron chi connectivity index (χ2n) is 8.20. The molecule has 20 heavy (non-hydrogen) atoms. The molecule has 0 aromatic heterocycles. The van der Waals surface area contributed by atoms with E-state index in [0.717, 1.165) is 24.9 Å². The lowest BCUT2D eigenvalue weighted by Crippen LogP contribution is -2.57. The van der Waals surface area contributed by atoms with E-state index in [1.807, 2.05) is 20.8 Å². The molecule has 2 unspecified atom stereocenters. The van der Waals surface area contributed by atoms with E-state index in [4.69, 9.17) is 0 Å². The minimum absolute atomic E-state index is 0.195. The van der Waals surface area contributed by atoms with Crippen LogP contribution in [0, 0.1) is 17.3 Å². The van der Waals surface area contributed by atoms with E-state index >= 15 is 0 Å². The number of nitrogens with zero attached hydrogens (tertiary/aromatic N) is 1. The molecule has 2 rings (SSSR count). The van der Waals surface area contributed by atoms with E-state index in [-0.39, 0.29) is 11.3 Å². The standard InChI is InChI=1S/C17H32N2O/c1-12(2)13-9-14(18-16(20)17(3,4)5)11-19(10-13)15-7-6-8-15/h12-15H,6-11H2,1-5H3,(H,18,20). The number of piperidine rings is 1. The number of hydrogen-bond acceptors (Lipinski definition) is 2. The fraction of sp³-hybridized carbons (Fsp3) is 0.941. The Morgan fingerprint density at radius 3 is 2.30 bits per heavy atom. The molecule has 116 valence electrons. The van der Waals surface area contributed by atoms with Crippen LogP contribution in [0.3, 0.4) is 0 Å². The normalized spacial score (nSPS) is 29.3. The van der Waals surface area contributed by atoms with Crippen LogP contribution in [0.1, 0.15) is 60.3 Å². The second-order valence-corrected chi connectivity index (χ2v) is 8.20. The Morgan fingerprint density at radius 2 is 1.85 bits per heavy atom. The van der Waals surface area contributed by atoms with Crippen molar-refractivity contribution in [3.05, 3.63) is 0 Å². The number of hydrogen-bond donors (Lipinski definition) is 1. The van der Waals surface area contributed by atoms with Gasteiger partial charge in [-0.05, 0) is 31.1 Å². The van der Waals surface area contributed by atoms with Crippen LogP contribution in [-0.2, 0) is 4.79 Å². The lowest BCUT2D eigenvalue weighted by molar-refractivity contribution is -0.130. The molecule has 0 aromatic rings. The van der Waals surface area contributed by atoms with E-state index in [1.54, 1.807) is 0 Å². The van der Waals surface area contributed by atoms with Gasteiger partial charge < -0.3 is 5.32 Å². The molecule has 0 bridgehead atoms. The molecular weight excluding hydrogens is 248 g/mol. The minimum Gasteiger partial charge on any atom is -0.352 e. The number of rotatable bonds is 3. The van der Waals surface area contributed by atoms with Crippen molar-refractivity contribution in [1.82, 2.24) is 10.2 Å². The molecule has 1 heterocycles. The summed E-state index contributed by atoms with van der Waals surface area (Å²) in [6, 6.07) is 1.12. The summed E-state index contributed by atoms with van der Waals surface area (Å²) < 4.78 is 0. The molecule has 0 aromatic carbocycles. The van der Waals surface area contributed by atoms with Crippen LogP contribution >= 0.6 is 0 Å². The Hall–Kier alpha value is -0.570. The van der Waals surface area contributed by atoms with Gasteiger partial charge in [-0.25, -0.2) is 0 Å². The zero-order valence-electron chi connectivity index (χ0n) is 13.9. The average molecular weight is 280 g/mol. The highest BCUT2D eigenvalue weighted by Crippen LogP contribution is 2.32. The van der Waals surface area contributed by atoms with E-state index < -0.39 is 0 Å². The zero-order chi connectivity index (χ0) is 14.9. The number of nitrogens with one attached hydrogen (secondary N) is 1. The molecule has 1 saturated heterocycles. The van der Waals surface area contributed by atoms with E-state index in [1.165, 1.54) is 25.8 Å². The summed E-state index contributed by atoms with van der Waals surface area (Å²) in [7, 11) is 0. The first-order valence-electron chi connectivity index (χ1n) is 8.32. The lowest BCUT2D eigenvalue weighted by atomic mass is 9.81. The van der Waals surface area contributed by atoms with E-state index in [2.05, 4.69) is 24.1 Å². The molecule has 2 aliphatic rings. The van der Waals surface area contributed by atoms with Gasteiger partial charge in [0.05, 0.1) is 0 Å². The second kappa shape index (κ2) is 6.05. The number of likely N-dealkylation sites (tertiary alicyclic amines) is 1. The van der Waals surface area contributed by atoms with Gasteiger partial charge in [0.15, 0.2) is 0 Å². The zero-order valence-corrected chi connectivity index (χ0v) is 13.9. The van der Waals surface area contributed by atoms with Gasteiger partial charge in [-0.2, -0.15) is 0 Å². The highest BCUT2D eigenvalue weighted by Gasteiger charge is 2.36. The van der Waals surface area contributed by atoms with Gasteiger partial charge in [-0.3, -0.25) is 9.69 Å². The molecule has 1 N–H and O–H groups in total. The third-order valence-corrected chi connectivity index (χ3v) is 5.06. The Balaban J connectivity index is 1.98. The predicted octanol–water partition coefficient (Wildman–Crippen LogP) is 3.05. The fourth-order valence-electron chi connectivity index (χ4n) is 3.21. The summed E-state index contributed by atoms with van der Waals surface area (Å²) >= 11 is 0. The van der Waals surface area contributed by atoms with Crippen molar-refractivity contribution in [3.8, 4) is 0 Å². The number of amides is 1. The van der Waals surface area contributed by atoms with Crippen molar-refractivity contribution < 1.29 is 4.79 Å². The minimum atomic E-state index is -0.286. The fourth-order valence-corrected chi connectivity index (χ4v) is 3.21. The topological polar surface area (TPSA) is 32.3 Å². The molecule has 2 fully saturated rings. The molecule has 0 spiro atoms. The van der Waals surface area contributed by atoms with Crippen molar-refractivity contribution in [1.29, 1.82) is 0 Å². The van der Waals surface area contributed by atoms with Crippen LogP contribution in [0.5, 0.6) is 0 Å². The molecule has 1 aliphatic carbocycles. The van der Waals surface area contributed by atoms with Crippen LogP contribution in [0.4, 0.5) is 0 Å². The van der Waals surface area contributed by atoms with E-state index in [0.29, 0.717) is 12.0 Å². The maximum absolute atomic E-state index is 12.2. The quantitative estimate of drug-likeness (QED) is 0.862. The van der Waals surface area contributed by atoms with Gasteiger partial charge in [0, 0.05) is 30.6 Å². The summed E-state index contributed by atoms with van der Waals surface area (Å²) in [6.45, 7) is 12.9. The van der Waals surface area contributed by atoms with Gasteiger partial charge in [-0.15, -0.1) is 0 Å². The summed E-state index contributed by atoms with van der Waals surface area (Å²) in [4.78, 5) is 14.9. The van der Waals surface area contributed by atoms with Crippen molar-refractivity contribution >= 4 is 5.91 Å². The van der Waals surface area contributed by atoms with Gasteiger partial charge in [-0.1, -0.05) is 41.0 Å². The molecule has 3 nitrogen and oxygen atoms in total. The molecule has 1 aliphatic heterocycles. The maximum Gasteiger partial charge on any atom is 0.225 e. The van der Waals surface area contributed by atoms with Gasteiger partial charge in [0.2, 0.25) is 5.91 Å². The third kappa shape index (κ3) is 3.75. The van der Waals surface area contributed by atoms with E-state index in [9.17, 15) is 4.79 Å². The Kier molecular flexibility index (Phi) is 4.78. The van der Waals surface area contributed by atoms with Crippen molar-refractivity contribution in [3.63, 3.8) is 0 Å². The first-order valence-corrected chi connectivity index (χ1v) is 8.32.